The summed E-state index contributed by atoms with van der Waals surface area (Å²) in [5, 5.41) is 0. The molecule has 0 unspecified atom stereocenters. The van der Waals surface area contributed by atoms with E-state index in [2.05, 4.69) is 0 Å². The molecular formula is C2H10Cl2Si2. The maximum atomic E-state index is 5.43. The lowest BCUT2D eigenvalue weighted by molar-refractivity contribution is 2.06. The number of hydrogen-bond donors (Lipinski definition) is 0. The minimum Gasteiger partial charge on any atom is -0.146 e. The summed E-state index contributed by atoms with van der Waals surface area (Å²) < 4.78 is 0. The van der Waals surface area contributed by atoms with E-state index in [1.54, 1.807) is 0 Å². The molecule has 0 heterocycles. The van der Waals surface area contributed by atoms with Crippen LogP contribution in [0.2, 0.25) is 13.1 Å². The summed E-state index contributed by atoms with van der Waals surface area (Å²) in [5.41, 5.74) is 0. The third-order valence-corrected chi connectivity index (χ3v) is 0. The fraction of sp³-hybridized carbons (Fsp3) is 1.00. The van der Waals surface area contributed by atoms with Crippen LogP contribution in [-0.4, -0.2) is 17.7 Å². The first-order valence-electron chi connectivity index (χ1n) is 1.38. The normalized spacial score (nSPS) is 10.0. The lowest BCUT2D eigenvalue weighted by atomic mass is 11.9. The minimum absolute atomic E-state index is 0. The molecular weight excluding hydrogens is 151 g/mol. The topological polar surface area (TPSA) is 0 Å². The highest BCUT2D eigenvalue weighted by molar-refractivity contribution is 7.44. The molecule has 4 heteroatoms. The summed E-state index contributed by atoms with van der Waals surface area (Å²) in [6.07, 6.45) is 0. The van der Waals surface area contributed by atoms with E-state index in [1.807, 2.05) is 13.1 Å². The molecule has 0 amide bonds. The van der Waals surface area contributed by atoms with Gasteiger partial charge in [0.2, 0.25) is 6.69 Å². The van der Waals surface area contributed by atoms with E-state index in [0.717, 1.165) is 0 Å². The average Bonchev–Trinajstić information content (AvgIpc) is 0.722. The van der Waals surface area contributed by atoms with Crippen molar-refractivity contribution < 1.29 is 0 Å². The molecule has 0 aliphatic carbocycles. The van der Waals surface area contributed by atoms with Crippen molar-refractivity contribution in [1.82, 2.24) is 0 Å². The fourth-order valence-corrected chi connectivity index (χ4v) is 0. The van der Waals surface area contributed by atoms with Crippen LogP contribution in [0.25, 0.3) is 0 Å². The van der Waals surface area contributed by atoms with Crippen molar-refractivity contribution in [3.63, 3.8) is 0 Å². The van der Waals surface area contributed by atoms with Crippen LogP contribution in [0.1, 0.15) is 0 Å². The van der Waals surface area contributed by atoms with Gasteiger partial charge in [-0.25, -0.2) is 0 Å². The second kappa shape index (κ2) is 3.07. The van der Waals surface area contributed by atoms with Crippen LogP contribution in [0.5, 0.6) is 0 Å². The standard InChI is InChI=1S/C2H6Cl2Si.H4Si/c1-5(2,3)4;/h1-2H3;1H4. The molecule has 0 saturated heterocycles. The third-order valence-electron chi connectivity index (χ3n) is 0. The molecule has 0 aromatic carbocycles. The van der Waals surface area contributed by atoms with Crippen molar-refractivity contribution in [2.75, 3.05) is 0 Å². The maximum absolute atomic E-state index is 5.43. The SMILES string of the molecule is C[Si](C)(Cl)Cl.[SiH4]. The monoisotopic (exact) mass is 160 g/mol. The molecule has 0 saturated carbocycles. The van der Waals surface area contributed by atoms with Gasteiger partial charge in [0.1, 0.15) is 0 Å². The Morgan fingerprint density at radius 1 is 1.17 bits per heavy atom. The molecule has 0 radical (unpaired) electrons. The minimum atomic E-state index is -1.67. The van der Waals surface area contributed by atoms with Crippen LogP contribution in [0.3, 0.4) is 0 Å². The van der Waals surface area contributed by atoms with Gasteiger partial charge in [-0.15, -0.1) is 22.2 Å². The Kier molecular flexibility index (Phi) is 5.17. The van der Waals surface area contributed by atoms with Crippen LogP contribution >= 0.6 is 22.2 Å². The van der Waals surface area contributed by atoms with Gasteiger partial charge in [0, 0.05) is 0 Å². The predicted octanol–water partition coefficient (Wildman–Crippen LogP) is 0.714. The average molecular weight is 161 g/mol. The molecule has 0 aliphatic heterocycles. The first-order valence-corrected chi connectivity index (χ1v) is 6.40. The Morgan fingerprint density at radius 2 is 1.17 bits per heavy atom. The molecule has 0 nitrogen and oxygen atoms in total. The first kappa shape index (κ1) is 10.1. The van der Waals surface area contributed by atoms with Gasteiger partial charge >= 0.3 is 0 Å². The van der Waals surface area contributed by atoms with Crippen molar-refractivity contribution in [3.8, 4) is 0 Å². The highest BCUT2D eigenvalue weighted by Gasteiger charge is 2.08. The van der Waals surface area contributed by atoms with E-state index >= 15 is 0 Å². The van der Waals surface area contributed by atoms with Gasteiger partial charge in [0.15, 0.2) is 0 Å². The smallest absolute Gasteiger partial charge is 0.146 e. The Morgan fingerprint density at radius 3 is 1.17 bits per heavy atom. The van der Waals surface area contributed by atoms with E-state index < -0.39 is 6.69 Å². The summed E-state index contributed by atoms with van der Waals surface area (Å²) in [4.78, 5) is 0. The van der Waals surface area contributed by atoms with E-state index in [0.29, 0.717) is 0 Å². The third kappa shape index (κ3) is 78.6. The lowest BCUT2D eigenvalue weighted by Crippen LogP contribution is -2.02. The quantitative estimate of drug-likeness (QED) is 0.362. The maximum Gasteiger partial charge on any atom is 0.245 e. The van der Waals surface area contributed by atoms with Crippen molar-refractivity contribution in [3.05, 3.63) is 0 Å². The second-order valence-corrected chi connectivity index (χ2v) is 10.2. The fourth-order valence-electron chi connectivity index (χ4n) is 0. The zero-order valence-corrected chi connectivity index (χ0v) is 5.77. The van der Waals surface area contributed by atoms with Crippen molar-refractivity contribution >= 4 is 39.8 Å². The molecule has 0 aromatic heterocycles. The number of rotatable bonds is 0. The summed E-state index contributed by atoms with van der Waals surface area (Å²) in [7, 11) is 0. The Labute approximate surface area is 53.3 Å². The molecule has 0 spiro atoms. The molecule has 0 atom stereocenters. The van der Waals surface area contributed by atoms with E-state index in [9.17, 15) is 0 Å². The Bertz CT molecular complexity index is 25.0. The van der Waals surface area contributed by atoms with Crippen molar-refractivity contribution in [2.24, 2.45) is 0 Å². The molecule has 0 bridgehead atoms. The molecule has 0 N–H and O–H groups in total. The molecule has 6 heavy (non-hydrogen) atoms. The van der Waals surface area contributed by atoms with Gasteiger partial charge in [-0.2, -0.15) is 0 Å². The van der Waals surface area contributed by atoms with Crippen LogP contribution < -0.4 is 0 Å². The van der Waals surface area contributed by atoms with Crippen LogP contribution in [0.4, 0.5) is 0 Å². The molecule has 0 aliphatic rings. The lowest BCUT2D eigenvalue weighted by Gasteiger charge is -1.93. The van der Waals surface area contributed by atoms with Gasteiger partial charge in [-0.05, 0) is 24.1 Å². The summed E-state index contributed by atoms with van der Waals surface area (Å²) in [6.45, 7) is 2.05. The summed E-state index contributed by atoms with van der Waals surface area (Å²) >= 11 is 10.9. The van der Waals surface area contributed by atoms with Crippen LogP contribution in [-0.2, 0) is 0 Å². The van der Waals surface area contributed by atoms with E-state index in [4.69, 9.17) is 22.2 Å². The van der Waals surface area contributed by atoms with Crippen molar-refractivity contribution in [2.45, 2.75) is 13.1 Å². The Balaban J connectivity index is 0. The van der Waals surface area contributed by atoms with Gasteiger partial charge in [0.25, 0.3) is 0 Å². The van der Waals surface area contributed by atoms with Crippen molar-refractivity contribution in [1.29, 1.82) is 0 Å². The van der Waals surface area contributed by atoms with E-state index in [-0.39, 0.29) is 11.0 Å². The molecule has 40 valence electrons. The number of halogens is 2. The second-order valence-electron chi connectivity index (χ2n) is 1.33. The van der Waals surface area contributed by atoms with Gasteiger partial charge < -0.3 is 0 Å². The predicted molar refractivity (Wildman–Crippen MR) is 40.5 cm³/mol. The zero-order valence-electron chi connectivity index (χ0n) is 3.26. The van der Waals surface area contributed by atoms with Gasteiger partial charge in [-0.3, -0.25) is 0 Å². The molecule has 0 aromatic rings. The van der Waals surface area contributed by atoms with E-state index in [1.165, 1.54) is 0 Å². The summed E-state index contributed by atoms with van der Waals surface area (Å²) in [6, 6.07) is 0. The first-order chi connectivity index (χ1) is 2.00. The molecule has 0 rings (SSSR count). The highest BCUT2D eigenvalue weighted by atomic mass is 35.7. The Hall–Kier alpha value is 1.01. The van der Waals surface area contributed by atoms with Crippen LogP contribution in [0, 0.1) is 0 Å². The number of hydrogen-bond acceptors (Lipinski definition) is 0. The largest absolute Gasteiger partial charge is 0.245 e. The molecule has 0 fully saturated rings. The van der Waals surface area contributed by atoms with Gasteiger partial charge in [-0.1, -0.05) is 0 Å². The zero-order chi connectivity index (χ0) is 4.50. The summed E-state index contributed by atoms with van der Waals surface area (Å²) in [5.74, 6) is 0. The highest BCUT2D eigenvalue weighted by Crippen LogP contribution is 2.10. The van der Waals surface area contributed by atoms with Crippen LogP contribution in [0.15, 0.2) is 0 Å². The van der Waals surface area contributed by atoms with Gasteiger partial charge in [0.05, 0.1) is 0 Å².